The van der Waals surface area contributed by atoms with Gasteiger partial charge in [0.05, 0.1) is 24.1 Å². The van der Waals surface area contributed by atoms with Crippen LogP contribution in [0, 0.1) is 6.92 Å². The molecule has 5 rings (SSSR count). The van der Waals surface area contributed by atoms with Crippen molar-refractivity contribution >= 4 is 22.4 Å². The number of aryl methyl sites for hydroxylation is 1. The molecular weight excluding hydrogens is 382 g/mol. The topological polar surface area (TPSA) is 65.6 Å². The predicted octanol–water partition coefficient (Wildman–Crippen LogP) is 4.06. The summed E-state index contributed by atoms with van der Waals surface area (Å²) >= 11 is 1.58. The second-order valence-electron chi connectivity index (χ2n) is 6.82. The van der Waals surface area contributed by atoms with Gasteiger partial charge in [-0.3, -0.25) is 9.36 Å². The Labute approximate surface area is 170 Å². The monoisotopic (exact) mass is 399 g/mol. The minimum absolute atomic E-state index is 0.123. The van der Waals surface area contributed by atoms with Crippen molar-refractivity contribution in [3.05, 3.63) is 94.1 Å². The Hall–Kier alpha value is -3.58. The number of hydrogen-bond donors (Lipinski definition) is 0. The van der Waals surface area contributed by atoms with Crippen molar-refractivity contribution in [2.24, 2.45) is 0 Å². The molecule has 0 aliphatic rings. The minimum Gasteiger partial charge on any atom is -0.292 e. The molecule has 0 amide bonds. The highest BCUT2D eigenvalue weighted by atomic mass is 32.1. The molecule has 0 bridgehead atoms. The van der Waals surface area contributed by atoms with Crippen LogP contribution in [0.2, 0.25) is 0 Å². The first-order valence-corrected chi connectivity index (χ1v) is 10.1. The molecule has 0 unspecified atom stereocenters. The molecule has 0 radical (unpaired) electrons. The van der Waals surface area contributed by atoms with Crippen LogP contribution in [0.5, 0.6) is 0 Å². The van der Waals surface area contributed by atoms with E-state index >= 15 is 0 Å². The number of para-hydroxylation sites is 1. The van der Waals surface area contributed by atoms with Crippen molar-refractivity contribution in [3.8, 4) is 16.3 Å². The molecule has 0 atom stereocenters. The van der Waals surface area contributed by atoms with Gasteiger partial charge in [-0.1, -0.05) is 48.0 Å². The first kappa shape index (κ1) is 17.5. The molecular formula is C22H17N5OS. The molecule has 0 aliphatic carbocycles. The molecule has 0 spiro atoms. The van der Waals surface area contributed by atoms with E-state index in [1.807, 2.05) is 35.7 Å². The Balaban J connectivity index is 1.47. The summed E-state index contributed by atoms with van der Waals surface area (Å²) in [6, 6.07) is 17.9. The van der Waals surface area contributed by atoms with Crippen molar-refractivity contribution in [2.45, 2.75) is 13.5 Å². The first-order chi connectivity index (χ1) is 14.2. The van der Waals surface area contributed by atoms with Gasteiger partial charge in [0.15, 0.2) is 5.65 Å². The van der Waals surface area contributed by atoms with Gasteiger partial charge in [-0.05, 0) is 19.1 Å². The van der Waals surface area contributed by atoms with Crippen LogP contribution in [0.1, 0.15) is 11.3 Å². The fourth-order valence-electron chi connectivity index (χ4n) is 3.20. The van der Waals surface area contributed by atoms with Crippen LogP contribution in [0.15, 0.2) is 77.3 Å². The van der Waals surface area contributed by atoms with E-state index in [1.54, 1.807) is 33.1 Å². The van der Waals surface area contributed by atoms with Gasteiger partial charge in [0, 0.05) is 10.9 Å². The third-order valence-electron chi connectivity index (χ3n) is 4.74. The summed E-state index contributed by atoms with van der Waals surface area (Å²) in [5.41, 5.74) is 4.43. The van der Waals surface area contributed by atoms with Crippen LogP contribution in [-0.2, 0) is 6.54 Å². The zero-order chi connectivity index (χ0) is 19.8. The average molecular weight is 399 g/mol. The van der Waals surface area contributed by atoms with E-state index in [2.05, 4.69) is 46.3 Å². The fourth-order valence-corrected chi connectivity index (χ4v) is 4.02. The number of benzene rings is 2. The summed E-state index contributed by atoms with van der Waals surface area (Å²) < 4.78 is 3.26. The molecule has 0 N–H and O–H groups in total. The number of thiazole rings is 1. The standard InChI is InChI=1S/C22H17N5OS/c1-15-7-9-16(10-8-15)21-25-17(13-29-21)12-26-14-23-20-19(22(26)28)11-24-27(20)18-5-3-2-4-6-18/h2-11,13-14H,12H2,1H3. The van der Waals surface area contributed by atoms with E-state index < -0.39 is 0 Å². The first-order valence-electron chi connectivity index (χ1n) is 9.19. The molecule has 142 valence electrons. The normalized spacial score (nSPS) is 11.2. The van der Waals surface area contributed by atoms with Gasteiger partial charge in [-0.2, -0.15) is 5.10 Å². The highest BCUT2D eigenvalue weighted by Crippen LogP contribution is 2.24. The van der Waals surface area contributed by atoms with Gasteiger partial charge < -0.3 is 0 Å². The molecule has 5 aromatic rings. The van der Waals surface area contributed by atoms with Crippen LogP contribution < -0.4 is 5.56 Å². The number of fused-ring (bicyclic) bond motifs is 1. The Morgan fingerprint density at radius 3 is 2.62 bits per heavy atom. The molecule has 3 heterocycles. The van der Waals surface area contributed by atoms with Crippen LogP contribution in [0.4, 0.5) is 0 Å². The summed E-state index contributed by atoms with van der Waals surface area (Å²) in [4.78, 5) is 22.1. The second kappa shape index (κ2) is 7.10. The van der Waals surface area contributed by atoms with Crippen molar-refractivity contribution < 1.29 is 0 Å². The van der Waals surface area contributed by atoms with Crippen LogP contribution >= 0.6 is 11.3 Å². The lowest BCUT2D eigenvalue weighted by molar-refractivity contribution is 0.732. The molecule has 7 heteroatoms. The Morgan fingerprint density at radius 2 is 1.83 bits per heavy atom. The van der Waals surface area contributed by atoms with Crippen LogP contribution in [0.25, 0.3) is 27.3 Å². The average Bonchev–Trinajstić information content (AvgIpc) is 3.39. The van der Waals surface area contributed by atoms with Crippen LogP contribution in [-0.4, -0.2) is 24.3 Å². The van der Waals surface area contributed by atoms with Crippen molar-refractivity contribution in [1.82, 2.24) is 24.3 Å². The van der Waals surface area contributed by atoms with Gasteiger partial charge in [0.2, 0.25) is 0 Å². The summed E-state index contributed by atoms with van der Waals surface area (Å²) in [6.07, 6.45) is 3.14. The van der Waals surface area contributed by atoms with E-state index in [9.17, 15) is 4.79 Å². The molecule has 6 nitrogen and oxygen atoms in total. The van der Waals surface area contributed by atoms with E-state index in [-0.39, 0.29) is 5.56 Å². The molecule has 29 heavy (non-hydrogen) atoms. The summed E-state index contributed by atoms with van der Waals surface area (Å²) in [5.74, 6) is 0. The molecule has 0 aliphatic heterocycles. The highest BCUT2D eigenvalue weighted by Gasteiger charge is 2.13. The zero-order valence-corrected chi connectivity index (χ0v) is 16.5. The van der Waals surface area contributed by atoms with Crippen molar-refractivity contribution in [2.75, 3.05) is 0 Å². The molecule has 0 saturated carbocycles. The van der Waals surface area contributed by atoms with Gasteiger partial charge in [-0.25, -0.2) is 14.6 Å². The number of nitrogens with zero attached hydrogens (tertiary/aromatic N) is 5. The third-order valence-corrected chi connectivity index (χ3v) is 5.68. The Kier molecular flexibility index (Phi) is 4.29. The Morgan fingerprint density at radius 1 is 1.03 bits per heavy atom. The minimum atomic E-state index is -0.123. The van der Waals surface area contributed by atoms with E-state index in [0.29, 0.717) is 17.6 Å². The van der Waals surface area contributed by atoms with Gasteiger partial charge in [0.25, 0.3) is 5.56 Å². The maximum absolute atomic E-state index is 12.9. The molecule has 0 saturated heterocycles. The van der Waals surface area contributed by atoms with Crippen LogP contribution in [0.3, 0.4) is 0 Å². The molecule has 0 fully saturated rings. The predicted molar refractivity (Wildman–Crippen MR) is 115 cm³/mol. The summed E-state index contributed by atoms with van der Waals surface area (Å²) in [6.45, 7) is 2.44. The zero-order valence-electron chi connectivity index (χ0n) is 15.7. The third kappa shape index (κ3) is 3.25. The smallest absolute Gasteiger partial charge is 0.264 e. The Bertz CT molecular complexity index is 1350. The number of rotatable bonds is 4. The maximum Gasteiger partial charge on any atom is 0.264 e. The van der Waals surface area contributed by atoms with Gasteiger partial charge >= 0.3 is 0 Å². The summed E-state index contributed by atoms with van der Waals surface area (Å²) in [5, 5.41) is 7.77. The van der Waals surface area contributed by atoms with Crippen molar-refractivity contribution in [3.63, 3.8) is 0 Å². The van der Waals surface area contributed by atoms with E-state index in [1.165, 1.54) is 5.56 Å². The largest absolute Gasteiger partial charge is 0.292 e. The second-order valence-corrected chi connectivity index (χ2v) is 7.67. The quantitative estimate of drug-likeness (QED) is 0.457. The fraction of sp³-hybridized carbons (Fsp3) is 0.0909. The van der Waals surface area contributed by atoms with E-state index in [4.69, 9.17) is 0 Å². The van der Waals surface area contributed by atoms with Gasteiger partial charge in [0.1, 0.15) is 16.7 Å². The van der Waals surface area contributed by atoms with E-state index in [0.717, 1.165) is 22.0 Å². The maximum atomic E-state index is 12.9. The number of hydrogen-bond acceptors (Lipinski definition) is 5. The summed E-state index contributed by atoms with van der Waals surface area (Å²) in [7, 11) is 0. The molecule has 3 aromatic heterocycles. The van der Waals surface area contributed by atoms with Gasteiger partial charge in [-0.15, -0.1) is 11.3 Å². The lowest BCUT2D eigenvalue weighted by atomic mass is 10.2. The highest BCUT2D eigenvalue weighted by molar-refractivity contribution is 7.13. The lowest BCUT2D eigenvalue weighted by Crippen LogP contribution is -2.21. The van der Waals surface area contributed by atoms with Crippen molar-refractivity contribution in [1.29, 1.82) is 0 Å². The lowest BCUT2D eigenvalue weighted by Gasteiger charge is -2.05. The SMILES string of the molecule is Cc1ccc(-c2nc(Cn3cnc4c(cnn4-c4ccccc4)c3=O)cs2)cc1. The molecule has 2 aromatic carbocycles. The number of aromatic nitrogens is 5.